The van der Waals surface area contributed by atoms with Gasteiger partial charge in [0.2, 0.25) is 5.91 Å². The summed E-state index contributed by atoms with van der Waals surface area (Å²) in [6, 6.07) is 14.3. The summed E-state index contributed by atoms with van der Waals surface area (Å²) in [5.41, 5.74) is 1.05. The van der Waals surface area contributed by atoms with Gasteiger partial charge in [-0.2, -0.15) is 0 Å². The normalized spacial score (nSPS) is 12.4. The van der Waals surface area contributed by atoms with Crippen LogP contribution in [-0.2, 0) is 4.79 Å². The summed E-state index contributed by atoms with van der Waals surface area (Å²) < 4.78 is 0. The molecule has 1 atom stereocenters. The van der Waals surface area contributed by atoms with Crippen molar-refractivity contribution < 1.29 is 4.79 Å². The third-order valence-corrected chi connectivity index (χ3v) is 2.91. The maximum absolute atomic E-state index is 11.5. The van der Waals surface area contributed by atoms with Gasteiger partial charge in [0.05, 0.1) is 5.92 Å². The van der Waals surface area contributed by atoms with Crippen molar-refractivity contribution in [1.82, 2.24) is 5.32 Å². The molecule has 0 aromatic heterocycles. The highest BCUT2D eigenvalue weighted by molar-refractivity contribution is 5.87. The standard InChI is InChI=1S/C14H15NO/c1-10(14(16)15-2)12-8-7-11-5-3-4-6-13(11)9-12/h3-10H,1-2H3,(H,15,16). The van der Waals surface area contributed by atoms with Crippen molar-refractivity contribution >= 4 is 16.7 Å². The fraction of sp³-hybridized carbons (Fsp3) is 0.214. The smallest absolute Gasteiger partial charge is 0.227 e. The van der Waals surface area contributed by atoms with Crippen LogP contribution in [0.3, 0.4) is 0 Å². The monoisotopic (exact) mass is 213 g/mol. The van der Waals surface area contributed by atoms with Crippen LogP contribution in [-0.4, -0.2) is 13.0 Å². The third-order valence-electron chi connectivity index (χ3n) is 2.91. The molecule has 0 aliphatic rings. The number of fused-ring (bicyclic) bond motifs is 1. The molecule has 0 saturated carbocycles. The van der Waals surface area contributed by atoms with Gasteiger partial charge >= 0.3 is 0 Å². The largest absolute Gasteiger partial charge is 0.359 e. The molecule has 16 heavy (non-hydrogen) atoms. The Morgan fingerprint density at radius 2 is 1.81 bits per heavy atom. The quantitative estimate of drug-likeness (QED) is 0.816. The van der Waals surface area contributed by atoms with Gasteiger partial charge in [-0.3, -0.25) is 4.79 Å². The van der Waals surface area contributed by atoms with Gasteiger partial charge in [-0.25, -0.2) is 0 Å². The van der Waals surface area contributed by atoms with E-state index in [2.05, 4.69) is 29.6 Å². The molecule has 2 rings (SSSR count). The number of benzene rings is 2. The second kappa shape index (κ2) is 4.35. The van der Waals surface area contributed by atoms with Crippen LogP contribution in [0.4, 0.5) is 0 Å². The van der Waals surface area contributed by atoms with Crippen molar-refractivity contribution in [3.8, 4) is 0 Å². The molecule has 0 saturated heterocycles. The molecule has 2 heteroatoms. The van der Waals surface area contributed by atoms with Gasteiger partial charge in [-0.1, -0.05) is 42.5 Å². The van der Waals surface area contributed by atoms with Crippen molar-refractivity contribution in [2.24, 2.45) is 0 Å². The molecule has 2 aromatic carbocycles. The molecule has 1 unspecified atom stereocenters. The zero-order valence-electron chi connectivity index (χ0n) is 9.53. The SMILES string of the molecule is CNC(=O)C(C)c1ccc2ccccc2c1. The Morgan fingerprint density at radius 1 is 1.12 bits per heavy atom. The molecule has 1 amide bonds. The Balaban J connectivity index is 2.43. The molecule has 0 spiro atoms. The predicted octanol–water partition coefficient (Wildman–Crippen LogP) is 2.69. The van der Waals surface area contributed by atoms with Crippen molar-refractivity contribution in [1.29, 1.82) is 0 Å². The minimum Gasteiger partial charge on any atom is -0.359 e. The molecule has 0 fully saturated rings. The number of likely N-dealkylation sites (N-methyl/N-ethyl adjacent to an activating group) is 1. The van der Waals surface area contributed by atoms with Crippen molar-refractivity contribution in [2.45, 2.75) is 12.8 Å². The van der Waals surface area contributed by atoms with E-state index in [9.17, 15) is 4.79 Å². The highest BCUT2D eigenvalue weighted by Gasteiger charge is 2.13. The van der Waals surface area contributed by atoms with E-state index in [1.165, 1.54) is 10.8 Å². The van der Waals surface area contributed by atoms with E-state index < -0.39 is 0 Å². The van der Waals surface area contributed by atoms with Gasteiger partial charge in [-0.05, 0) is 23.3 Å². The van der Waals surface area contributed by atoms with E-state index in [1.807, 2.05) is 25.1 Å². The molecule has 2 nitrogen and oxygen atoms in total. The minimum absolute atomic E-state index is 0.0512. The minimum atomic E-state index is -0.102. The molecule has 1 N–H and O–H groups in total. The maximum Gasteiger partial charge on any atom is 0.227 e. The highest BCUT2D eigenvalue weighted by Crippen LogP contribution is 2.21. The Hall–Kier alpha value is -1.83. The molecule has 0 radical (unpaired) electrons. The van der Waals surface area contributed by atoms with Crippen LogP contribution in [0.1, 0.15) is 18.4 Å². The summed E-state index contributed by atoms with van der Waals surface area (Å²) in [6.45, 7) is 1.92. The average Bonchev–Trinajstić information content (AvgIpc) is 2.36. The fourth-order valence-corrected chi connectivity index (χ4v) is 1.85. The van der Waals surface area contributed by atoms with Gasteiger partial charge in [0.1, 0.15) is 0 Å². The first kappa shape index (κ1) is 10.7. The lowest BCUT2D eigenvalue weighted by Crippen LogP contribution is -2.23. The number of carbonyl (C=O) groups excluding carboxylic acids is 1. The van der Waals surface area contributed by atoms with Crippen LogP contribution in [0.25, 0.3) is 10.8 Å². The van der Waals surface area contributed by atoms with Crippen molar-refractivity contribution in [2.75, 3.05) is 7.05 Å². The van der Waals surface area contributed by atoms with E-state index in [4.69, 9.17) is 0 Å². The van der Waals surface area contributed by atoms with Crippen LogP contribution in [0.5, 0.6) is 0 Å². The lowest BCUT2D eigenvalue weighted by Gasteiger charge is -2.11. The van der Waals surface area contributed by atoms with Gasteiger partial charge in [0, 0.05) is 7.05 Å². The van der Waals surface area contributed by atoms with Crippen LogP contribution < -0.4 is 5.32 Å². The van der Waals surface area contributed by atoms with E-state index >= 15 is 0 Å². The van der Waals surface area contributed by atoms with E-state index in [-0.39, 0.29) is 11.8 Å². The summed E-state index contributed by atoms with van der Waals surface area (Å²) in [7, 11) is 1.67. The Morgan fingerprint density at radius 3 is 2.50 bits per heavy atom. The average molecular weight is 213 g/mol. The summed E-state index contributed by atoms with van der Waals surface area (Å²) in [6.07, 6.45) is 0. The van der Waals surface area contributed by atoms with Crippen molar-refractivity contribution in [3.05, 3.63) is 48.0 Å². The van der Waals surface area contributed by atoms with E-state index in [0.717, 1.165) is 5.56 Å². The molecular formula is C14H15NO. The summed E-state index contributed by atoms with van der Waals surface area (Å²) in [4.78, 5) is 11.5. The Bertz CT molecular complexity index is 519. The lowest BCUT2D eigenvalue weighted by atomic mass is 9.97. The first-order chi connectivity index (χ1) is 7.72. The molecule has 0 aliphatic heterocycles. The first-order valence-corrected chi connectivity index (χ1v) is 5.42. The second-order valence-corrected chi connectivity index (χ2v) is 3.94. The summed E-state index contributed by atoms with van der Waals surface area (Å²) in [5, 5.41) is 5.05. The third kappa shape index (κ3) is 1.91. The molecular weight excluding hydrogens is 198 g/mol. The molecule has 0 bridgehead atoms. The zero-order valence-corrected chi connectivity index (χ0v) is 9.53. The summed E-state index contributed by atoms with van der Waals surface area (Å²) >= 11 is 0. The van der Waals surface area contributed by atoms with Crippen LogP contribution >= 0.6 is 0 Å². The van der Waals surface area contributed by atoms with Crippen molar-refractivity contribution in [3.63, 3.8) is 0 Å². The topological polar surface area (TPSA) is 29.1 Å². The van der Waals surface area contributed by atoms with Gasteiger partial charge in [0.25, 0.3) is 0 Å². The Labute approximate surface area is 95.3 Å². The lowest BCUT2D eigenvalue weighted by molar-refractivity contribution is -0.121. The zero-order chi connectivity index (χ0) is 11.5. The van der Waals surface area contributed by atoms with Gasteiger partial charge in [-0.15, -0.1) is 0 Å². The van der Waals surface area contributed by atoms with Gasteiger partial charge in [0.15, 0.2) is 0 Å². The number of nitrogens with one attached hydrogen (secondary N) is 1. The molecule has 0 aliphatic carbocycles. The number of carbonyl (C=O) groups is 1. The maximum atomic E-state index is 11.5. The Kier molecular flexibility index (Phi) is 2.91. The fourth-order valence-electron chi connectivity index (χ4n) is 1.85. The number of hydrogen-bond donors (Lipinski definition) is 1. The van der Waals surface area contributed by atoms with Crippen LogP contribution in [0, 0.1) is 0 Å². The summed E-state index contributed by atoms with van der Waals surface area (Å²) in [5.74, 6) is -0.0510. The predicted molar refractivity (Wildman–Crippen MR) is 66.4 cm³/mol. The van der Waals surface area contributed by atoms with Crippen LogP contribution in [0.2, 0.25) is 0 Å². The molecule has 82 valence electrons. The van der Waals surface area contributed by atoms with Crippen LogP contribution in [0.15, 0.2) is 42.5 Å². The number of amides is 1. The number of rotatable bonds is 2. The second-order valence-electron chi connectivity index (χ2n) is 3.94. The first-order valence-electron chi connectivity index (χ1n) is 5.42. The van der Waals surface area contributed by atoms with Gasteiger partial charge < -0.3 is 5.32 Å². The molecule has 0 heterocycles. The van der Waals surface area contributed by atoms with E-state index in [1.54, 1.807) is 7.05 Å². The molecule has 2 aromatic rings. The highest BCUT2D eigenvalue weighted by atomic mass is 16.1. The van der Waals surface area contributed by atoms with E-state index in [0.29, 0.717) is 0 Å². The number of hydrogen-bond acceptors (Lipinski definition) is 1.